The molecule has 18 heavy (non-hydrogen) atoms. The van der Waals surface area contributed by atoms with Crippen LogP contribution in [0.15, 0.2) is 36.4 Å². The van der Waals surface area contributed by atoms with E-state index in [-0.39, 0.29) is 18.5 Å². The van der Waals surface area contributed by atoms with Gasteiger partial charge in [-0.3, -0.25) is 0 Å². The molecule has 4 heteroatoms. The summed E-state index contributed by atoms with van der Waals surface area (Å²) in [6, 6.07) is 9.98. The van der Waals surface area contributed by atoms with E-state index in [9.17, 15) is 8.78 Å². The minimum atomic E-state index is -2.92. The summed E-state index contributed by atoms with van der Waals surface area (Å²) in [6.07, 6.45) is -0.358. The summed E-state index contributed by atoms with van der Waals surface area (Å²) in [5.74, 6) is -2.32. The first-order valence-corrected chi connectivity index (χ1v) is 5.74. The van der Waals surface area contributed by atoms with Crippen molar-refractivity contribution in [2.75, 3.05) is 13.7 Å². The summed E-state index contributed by atoms with van der Waals surface area (Å²) >= 11 is 0. The van der Waals surface area contributed by atoms with Crippen LogP contribution in [0.5, 0.6) is 5.75 Å². The van der Waals surface area contributed by atoms with Gasteiger partial charge in [-0.05, 0) is 24.1 Å². The van der Waals surface area contributed by atoms with Crippen LogP contribution in [-0.2, 0) is 5.92 Å². The highest BCUT2D eigenvalue weighted by atomic mass is 19.3. The molecule has 0 amide bonds. The van der Waals surface area contributed by atoms with Crippen LogP contribution >= 0.6 is 0 Å². The minimum Gasteiger partial charge on any atom is -0.496 e. The first-order valence-electron chi connectivity index (χ1n) is 5.74. The summed E-state index contributed by atoms with van der Waals surface area (Å²) in [7, 11) is 1.53. The van der Waals surface area contributed by atoms with Crippen molar-refractivity contribution in [2.24, 2.45) is 5.73 Å². The maximum atomic E-state index is 14.0. The normalized spacial score (nSPS) is 11.8. The number of rotatable bonds is 4. The molecule has 0 aromatic heterocycles. The van der Waals surface area contributed by atoms with Crippen LogP contribution in [-0.4, -0.2) is 13.7 Å². The average molecular weight is 251 g/mol. The van der Waals surface area contributed by atoms with Gasteiger partial charge in [-0.1, -0.05) is 24.3 Å². The fourth-order valence-corrected chi connectivity index (χ4v) is 2.08. The van der Waals surface area contributed by atoms with E-state index < -0.39 is 5.92 Å². The molecule has 2 aromatic carbocycles. The molecule has 0 radical (unpaired) electrons. The lowest BCUT2D eigenvalue weighted by Gasteiger charge is -2.19. The van der Waals surface area contributed by atoms with E-state index in [1.54, 1.807) is 30.3 Å². The van der Waals surface area contributed by atoms with Crippen LogP contribution in [0.4, 0.5) is 8.78 Å². The highest BCUT2D eigenvalue weighted by Crippen LogP contribution is 2.38. The van der Waals surface area contributed by atoms with Gasteiger partial charge in [0.25, 0.3) is 5.92 Å². The van der Waals surface area contributed by atoms with Crippen molar-refractivity contribution in [2.45, 2.75) is 12.3 Å². The summed E-state index contributed by atoms with van der Waals surface area (Å²) in [4.78, 5) is 0. The van der Waals surface area contributed by atoms with Crippen LogP contribution in [0.2, 0.25) is 0 Å². The zero-order valence-corrected chi connectivity index (χ0v) is 10.1. The Labute approximate surface area is 104 Å². The minimum absolute atomic E-state index is 0.00403. The Bertz CT molecular complexity index is 554. The second-order valence-electron chi connectivity index (χ2n) is 4.10. The molecule has 0 atom stereocenters. The van der Waals surface area contributed by atoms with Gasteiger partial charge in [0, 0.05) is 17.4 Å². The van der Waals surface area contributed by atoms with Crippen LogP contribution in [0.1, 0.15) is 12.0 Å². The number of methoxy groups -OCH3 is 1. The molecule has 0 aliphatic rings. The number of hydrogen-bond acceptors (Lipinski definition) is 2. The molecule has 0 saturated heterocycles. The molecule has 0 unspecified atom stereocenters. The van der Waals surface area contributed by atoms with Gasteiger partial charge in [0.15, 0.2) is 0 Å². The third kappa shape index (κ3) is 2.16. The monoisotopic (exact) mass is 251 g/mol. The molecule has 0 heterocycles. The highest BCUT2D eigenvalue weighted by Gasteiger charge is 2.32. The number of benzene rings is 2. The van der Waals surface area contributed by atoms with Crippen molar-refractivity contribution in [3.05, 3.63) is 42.0 Å². The van der Waals surface area contributed by atoms with E-state index >= 15 is 0 Å². The standard InChI is InChI=1S/C14H15F2NO/c1-18-13-7-6-12(14(15,16)8-9-17)10-4-2-3-5-11(10)13/h2-7H,8-9,17H2,1H3. The zero-order chi connectivity index (χ0) is 13.2. The molecular weight excluding hydrogens is 236 g/mol. The first kappa shape index (κ1) is 12.8. The van der Waals surface area contributed by atoms with Crippen LogP contribution in [0, 0.1) is 0 Å². The highest BCUT2D eigenvalue weighted by molar-refractivity contribution is 5.91. The van der Waals surface area contributed by atoms with Gasteiger partial charge < -0.3 is 10.5 Å². The summed E-state index contributed by atoms with van der Waals surface area (Å²) in [5, 5.41) is 1.20. The van der Waals surface area contributed by atoms with Crippen LogP contribution in [0.25, 0.3) is 10.8 Å². The predicted octanol–water partition coefficient (Wildman–Crippen LogP) is 3.29. The largest absolute Gasteiger partial charge is 0.496 e. The van der Waals surface area contributed by atoms with E-state index in [2.05, 4.69) is 0 Å². The Morgan fingerprint density at radius 3 is 2.39 bits per heavy atom. The smallest absolute Gasteiger partial charge is 0.275 e. The Kier molecular flexibility index (Phi) is 3.48. The second-order valence-corrected chi connectivity index (χ2v) is 4.10. The molecule has 0 fully saturated rings. The number of ether oxygens (including phenoxy) is 1. The Balaban J connectivity index is 2.66. The van der Waals surface area contributed by atoms with Crippen LogP contribution in [0.3, 0.4) is 0 Å². The molecule has 0 aliphatic carbocycles. The number of nitrogens with two attached hydrogens (primary N) is 1. The lowest BCUT2D eigenvalue weighted by Crippen LogP contribution is -2.19. The molecule has 2 aromatic rings. The molecule has 0 bridgehead atoms. The van der Waals surface area contributed by atoms with Crippen molar-refractivity contribution >= 4 is 10.8 Å². The molecule has 0 aliphatic heterocycles. The van der Waals surface area contributed by atoms with E-state index in [1.165, 1.54) is 13.2 Å². The maximum Gasteiger partial charge on any atom is 0.275 e. The number of halogens is 2. The van der Waals surface area contributed by atoms with E-state index in [1.807, 2.05) is 0 Å². The van der Waals surface area contributed by atoms with Gasteiger partial charge in [0.1, 0.15) is 5.75 Å². The lowest BCUT2D eigenvalue weighted by atomic mass is 9.97. The molecular formula is C14H15F2NO. The SMILES string of the molecule is COc1ccc(C(F)(F)CCN)c2ccccc12. The molecule has 2 N–H and O–H groups in total. The van der Waals surface area contributed by atoms with Crippen molar-refractivity contribution in [1.82, 2.24) is 0 Å². The molecule has 0 spiro atoms. The fraction of sp³-hybridized carbons (Fsp3) is 0.286. The third-order valence-corrected chi connectivity index (χ3v) is 2.96. The molecule has 2 nitrogen and oxygen atoms in total. The number of alkyl halides is 2. The van der Waals surface area contributed by atoms with Gasteiger partial charge in [-0.2, -0.15) is 0 Å². The lowest BCUT2D eigenvalue weighted by molar-refractivity contribution is -0.00914. The van der Waals surface area contributed by atoms with Gasteiger partial charge >= 0.3 is 0 Å². The summed E-state index contributed by atoms with van der Waals surface area (Å²) in [5.41, 5.74) is 5.25. The maximum absolute atomic E-state index is 14.0. The molecule has 0 saturated carbocycles. The molecule has 2 rings (SSSR count). The Hall–Kier alpha value is -1.68. The van der Waals surface area contributed by atoms with E-state index in [0.29, 0.717) is 16.5 Å². The van der Waals surface area contributed by atoms with Crippen molar-refractivity contribution in [3.63, 3.8) is 0 Å². The molecule has 96 valence electrons. The van der Waals surface area contributed by atoms with Crippen molar-refractivity contribution in [3.8, 4) is 5.75 Å². The topological polar surface area (TPSA) is 35.2 Å². The van der Waals surface area contributed by atoms with Gasteiger partial charge in [0.05, 0.1) is 7.11 Å². The van der Waals surface area contributed by atoms with Crippen molar-refractivity contribution < 1.29 is 13.5 Å². The Morgan fingerprint density at radius 1 is 1.11 bits per heavy atom. The Morgan fingerprint density at radius 2 is 1.78 bits per heavy atom. The quantitative estimate of drug-likeness (QED) is 0.905. The summed E-state index contributed by atoms with van der Waals surface area (Å²) < 4.78 is 33.2. The van der Waals surface area contributed by atoms with Gasteiger partial charge in [-0.25, -0.2) is 8.78 Å². The first-order chi connectivity index (χ1) is 8.60. The number of hydrogen-bond donors (Lipinski definition) is 1. The number of fused-ring (bicyclic) bond motifs is 1. The summed E-state index contributed by atoms with van der Waals surface area (Å²) in [6.45, 7) is -0.0483. The average Bonchev–Trinajstić information content (AvgIpc) is 2.37. The van der Waals surface area contributed by atoms with Gasteiger partial charge in [-0.15, -0.1) is 0 Å². The van der Waals surface area contributed by atoms with Crippen LogP contribution < -0.4 is 10.5 Å². The van der Waals surface area contributed by atoms with E-state index in [0.717, 1.165) is 0 Å². The fourth-order valence-electron chi connectivity index (χ4n) is 2.08. The van der Waals surface area contributed by atoms with E-state index in [4.69, 9.17) is 10.5 Å². The third-order valence-electron chi connectivity index (χ3n) is 2.96. The second kappa shape index (κ2) is 4.90. The van der Waals surface area contributed by atoms with Crippen molar-refractivity contribution in [1.29, 1.82) is 0 Å². The van der Waals surface area contributed by atoms with Gasteiger partial charge in [0.2, 0.25) is 0 Å². The zero-order valence-electron chi connectivity index (χ0n) is 10.1. The predicted molar refractivity (Wildman–Crippen MR) is 68.1 cm³/mol.